The highest BCUT2D eigenvalue weighted by atomic mass is 16.5. The lowest BCUT2D eigenvalue weighted by Gasteiger charge is -2.38. The minimum atomic E-state index is -0.215. The molecule has 1 saturated carbocycles. The van der Waals surface area contributed by atoms with Crippen LogP contribution in [0.1, 0.15) is 40.0 Å². The Balaban J connectivity index is 2.56. The first-order valence-corrected chi connectivity index (χ1v) is 7.65. The maximum atomic E-state index is 9.70. The molecule has 1 aliphatic rings. The summed E-state index contributed by atoms with van der Waals surface area (Å²) in [5.74, 6) is 0.839. The SMILES string of the molecule is CCCNC(C)(CO)CN(CCOC)C(C)C1CC1. The van der Waals surface area contributed by atoms with Crippen LogP contribution in [-0.2, 0) is 4.74 Å². The van der Waals surface area contributed by atoms with Crippen molar-refractivity contribution in [1.82, 2.24) is 10.2 Å². The quantitative estimate of drug-likeness (QED) is 0.598. The second-order valence-corrected chi connectivity index (χ2v) is 6.19. The van der Waals surface area contributed by atoms with Gasteiger partial charge >= 0.3 is 0 Å². The molecule has 0 aromatic heterocycles. The summed E-state index contributed by atoms with van der Waals surface area (Å²) in [5.41, 5.74) is -0.215. The third-order valence-corrected chi connectivity index (χ3v) is 4.17. The molecule has 0 bridgehead atoms. The van der Waals surface area contributed by atoms with Crippen molar-refractivity contribution in [2.45, 2.75) is 51.6 Å². The van der Waals surface area contributed by atoms with E-state index in [0.29, 0.717) is 6.04 Å². The zero-order valence-electron chi connectivity index (χ0n) is 13.1. The Hall–Kier alpha value is -0.160. The first-order valence-electron chi connectivity index (χ1n) is 7.65. The molecule has 0 amide bonds. The highest BCUT2D eigenvalue weighted by molar-refractivity contribution is 4.91. The Morgan fingerprint density at radius 3 is 2.63 bits per heavy atom. The molecular weight excluding hydrogens is 240 g/mol. The molecule has 1 fully saturated rings. The van der Waals surface area contributed by atoms with Crippen LogP contribution in [0.2, 0.25) is 0 Å². The van der Waals surface area contributed by atoms with Crippen LogP contribution < -0.4 is 5.32 Å². The van der Waals surface area contributed by atoms with E-state index < -0.39 is 0 Å². The molecule has 4 nitrogen and oxygen atoms in total. The van der Waals surface area contributed by atoms with Crippen molar-refractivity contribution in [3.05, 3.63) is 0 Å². The van der Waals surface area contributed by atoms with Gasteiger partial charge < -0.3 is 15.2 Å². The summed E-state index contributed by atoms with van der Waals surface area (Å²) >= 11 is 0. The predicted molar refractivity (Wildman–Crippen MR) is 79.4 cm³/mol. The van der Waals surface area contributed by atoms with E-state index in [1.54, 1.807) is 7.11 Å². The van der Waals surface area contributed by atoms with Crippen LogP contribution in [0.5, 0.6) is 0 Å². The number of aliphatic hydroxyl groups excluding tert-OH is 1. The van der Waals surface area contributed by atoms with Gasteiger partial charge in [0.05, 0.1) is 18.8 Å². The lowest BCUT2D eigenvalue weighted by molar-refractivity contribution is 0.0680. The molecule has 2 unspecified atom stereocenters. The summed E-state index contributed by atoms with van der Waals surface area (Å²) in [7, 11) is 1.75. The van der Waals surface area contributed by atoms with Gasteiger partial charge in [0.2, 0.25) is 0 Å². The highest BCUT2D eigenvalue weighted by Gasteiger charge is 2.35. The second-order valence-electron chi connectivity index (χ2n) is 6.19. The summed E-state index contributed by atoms with van der Waals surface area (Å²) in [5, 5.41) is 13.2. The van der Waals surface area contributed by atoms with Crippen molar-refractivity contribution < 1.29 is 9.84 Å². The van der Waals surface area contributed by atoms with E-state index in [4.69, 9.17) is 4.74 Å². The summed E-state index contributed by atoms with van der Waals surface area (Å²) in [6.45, 7) is 10.3. The smallest absolute Gasteiger partial charge is 0.0623 e. The fraction of sp³-hybridized carbons (Fsp3) is 1.00. The average Bonchev–Trinajstić information content (AvgIpc) is 3.25. The Morgan fingerprint density at radius 1 is 1.47 bits per heavy atom. The molecule has 19 heavy (non-hydrogen) atoms. The molecule has 1 aliphatic carbocycles. The van der Waals surface area contributed by atoms with Gasteiger partial charge in [-0.1, -0.05) is 6.92 Å². The fourth-order valence-electron chi connectivity index (χ4n) is 2.55. The van der Waals surface area contributed by atoms with Crippen LogP contribution in [0.15, 0.2) is 0 Å². The van der Waals surface area contributed by atoms with E-state index in [-0.39, 0.29) is 12.1 Å². The van der Waals surface area contributed by atoms with Gasteiger partial charge in [0.15, 0.2) is 0 Å². The number of rotatable bonds is 11. The minimum absolute atomic E-state index is 0.174. The van der Waals surface area contributed by atoms with Gasteiger partial charge in [0.25, 0.3) is 0 Å². The van der Waals surface area contributed by atoms with Crippen molar-refractivity contribution in [2.24, 2.45) is 5.92 Å². The standard InChI is InChI=1S/C15H32N2O2/c1-5-8-16-15(3,12-18)11-17(9-10-19-4)13(2)14-6-7-14/h13-14,16,18H,5-12H2,1-4H3. The topological polar surface area (TPSA) is 44.7 Å². The van der Waals surface area contributed by atoms with Gasteiger partial charge in [-0.2, -0.15) is 0 Å². The molecule has 0 aliphatic heterocycles. The van der Waals surface area contributed by atoms with E-state index in [9.17, 15) is 5.11 Å². The minimum Gasteiger partial charge on any atom is -0.394 e. The first-order chi connectivity index (χ1) is 9.06. The average molecular weight is 272 g/mol. The van der Waals surface area contributed by atoms with Crippen molar-refractivity contribution in [3.63, 3.8) is 0 Å². The highest BCUT2D eigenvalue weighted by Crippen LogP contribution is 2.35. The van der Waals surface area contributed by atoms with Crippen LogP contribution in [0.4, 0.5) is 0 Å². The van der Waals surface area contributed by atoms with Gasteiger partial charge in [0.1, 0.15) is 0 Å². The molecule has 2 N–H and O–H groups in total. The number of aliphatic hydroxyl groups is 1. The molecule has 0 radical (unpaired) electrons. The molecule has 0 saturated heterocycles. The summed E-state index contributed by atoms with van der Waals surface area (Å²) < 4.78 is 5.23. The van der Waals surface area contributed by atoms with E-state index in [1.165, 1.54) is 12.8 Å². The van der Waals surface area contributed by atoms with E-state index in [1.807, 2.05) is 0 Å². The lowest BCUT2D eigenvalue weighted by atomic mass is 10.0. The van der Waals surface area contributed by atoms with Crippen molar-refractivity contribution in [1.29, 1.82) is 0 Å². The van der Waals surface area contributed by atoms with Crippen LogP contribution in [0.25, 0.3) is 0 Å². The molecule has 1 rings (SSSR count). The summed E-state index contributed by atoms with van der Waals surface area (Å²) in [4.78, 5) is 2.47. The number of hydrogen-bond acceptors (Lipinski definition) is 4. The second kappa shape index (κ2) is 8.20. The van der Waals surface area contributed by atoms with Crippen molar-refractivity contribution in [3.8, 4) is 0 Å². The molecular formula is C15H32N2O2. The molecule has 0 spiro atoms. The first kappa shape index (κ1) is 16.9. The molecule has 0 aromatic carbocycles. The maximum Gasteiger partial charge on any atom is 0.0623 e. The van der Waals surface area contributed by atoms with Crippen molar-refractivity contribution >= 4 is 0 Å². The Bertz CT molecular complexity index is 246. The third-order valence-electron chi connectivity index (χ3n) is 4.17. The van der Waals surface area contributed by atoms with Crippen LogP contribution in [-0.4, -0.2) is 61.5 Å². The summed E-state index contributed by atoms with van der Waals surface area (Å²) in [6.07, 6.45) is 3.79. The Morgan fingerprint density at radius 2 is 2.16 bits per heavy atom. The zero-order chi connectivity index (χ0) is 14.3. The number of ether oxygens (including phenoxy) is 1. The molecule has 0 heterocycles. The largest absolute Gasteiger partial charge is 0.394 e. The van der Waals surface area contributed by atoms with Crippen LogP contribution in [0, 0.1) is 5.92 Å². The molecule has 0 aromatic rings. The normalized spacial score (nSPS) is 20.5. The fourth-order valence-corrected chi connectivity index (χ4v) is 2.55. The number of nitrogens with one attached hydrogen (secondary N) is 1. The van der Waals surface area contributed by atoms with Gasteiger partial charge in [-0.05, 0) is 45.6 Å². The van der Waals surface area contributed by atoms with Gasteiger partial charge in [-0.15, -0.1) is 0 Å². The van der Waals surface area contributed by atoms with Gasteiger partial charge in [-0.3, -0.25) is 4.90 Å². The van der Waals surface area contributed by atoms with Crippen LogP contribution >= 0.6 is 0 Å². The molecule has 2 atom stereocenters. The number of hydrogen-bond donors (Lipinski definition) is 2. The predicted octanol–water partition coefficient (Wildman–Crippen LogP) is 1.48. The van der Waals surface area contributed by atoms with Gasteiger partial charge in [0, 0.05) is 26.2 Å². The Kier molecular flexibility index (Phi) is 7.29. The van der Waals surface area contributed by atoms with E-state index in [0.717, 1.165) is 38.6 Å². The molecule has 4 heteroatoms. The molecule has 114 valence electrons. The van der Waals surface area contributed by atoms with E-state index >= 15 is 0 Å². The monoisotopic (exact) mass is 272 g/mol. The summed E-state index contributed by atoms with van der Waals surface area (Å²) in [6, 6.07) is 0.587. The lowest BCUT2D eigenvalue weighted by Crippen LogP contribution is -2.56. The Labute approximate surface area is 118 Å². The third kappa shape index (κ3) is 5.78. The number of nitrogens with zero attached hydrogens (tertiary/aromatic N) is 1. The van der Waals surface area contributed by atoms with Crippen molar-refractivity contribution in [2.75, 3.05) is 40.0 Å². The zero-order valence-corrected chi connectivity index (χ0v) is 13.1. The number of methoxy groups -OCH3 is 1. The van der Waals surface area contributed by atoms with Gasteiger partial charge in [-0.25, -0.2) is 0 Å². The van der Waals surface area contributed by atoms with E-state index in [2.05, 4.69) is 31.0 Å². The maximum absolute atomic E-state index is 9.70. The van der Waals surface area contributed by atoms with Crippen LogP contribution in [0.3, 0.4) is 0 Å².